The first-order chi connectivity index (χ1) is 10.2. The zero-order chi connectivity index (χ0) is 16.8. The summed E-state index contributed by atoms with van der Waals surface area (Å²) >= 11 is 0. The van der Waals surface area contributed by atoms with Gasteiger partial charge in [-0.25, -0.2) is 0 Å². The van der Waals surface area contributed by atoms with E-state index < -0.39 is 12.0 Å². The highest BCUT2D eigenvalue weighted by Crippen LogP contribution is 2.41. The molecule has 4 nitrogen and oxygen atoms in total. The Hall–Kier alpha value is -0.610. The van der Waals surface area contributed by atoms with Crippen molar-refractivity contribution in [2.75, 3.05) is 21.1 Å². The number of nitrogens with two attached hydrogens (primary N) is 1. The van der Waals surface area contributed by atoms with Gasteiger partial charge in [-0.15, -0.1) is 0 Å². The van der Waals surface area contributed by atoms with Crippen molar-refractivity contribution in [3.63, 3.8) is 0 Å². The Kier molecular flexibility index (Phi) is 7.33. The van der Waals surface area contributed by atoms with Crippen molar-refractivity contribution in [1.29, 1.82) is 0 Å². The number of quaternary nitrogens is 1. The third kappa shape index (κ3) is 4.95. The summed E-state index contributed by atoms with van der Waals surface area (Å²) in [5, 5.41) is 12.0. The number of carbonyl (C=O) groups is 1. The van der Waals surface area contributed by atoms with Crippen LogP contribution >= 0.6 is 0 Å². The van der Waals surface area contributed by atoms with E-state index in [1.165, 1.54) is 38.5 Å². The molecule has 1 rings (SSSR count). The summed E-state index contributed by atoms with van der Waals surface area (Å²) < 4.78 is 0.379. The molecule has 0 heterocycles. The van der Waals surface area contributed by atoms with E-state index in [0.717, 1.165) is 25.7 Å². The van der Waals surface area contributed by atoms with E-state index in [9.17, 15) is 9.90 Å². The lowest BCUT2D eigenvalue weighted by molar-refractivity contribution is -0.897. The van der Waals surface area contributed by atoms with Gasteiger partial charge in [-0.2, -0.15) is 0 Å². The summed E-state index contributed by atoms with van der Waals surface area (Å²) in [5.74, 6) is -0.945. The number of likely N-dealkylation sites (N-methyl/N-ethyl adjacent to an activating group) is 1. The van der Waals surface area contributed by atoms with Gasteiger partial charge in [0.1, 0.15) is 6.04 Å². The van der Waals surface area contributed by atoms with E-state index in [1.807, 2.05) is 28.1 Å². The fraction of sp³-hybridized carbons (Fsp3) is 0.944. The highest BCUT2D eigenvalue weighted by Gasteiger charge is 2.49. The molecular formula is C18H36N2O2. The largest absolute Gasteiger partial charge is 0.544 e. The second-order valence-electron chi connectivity index (χ2n) is 8.19. The van der Waals surface area contributed by atoms with Crippen LogP contribution in [0.25, 0.3) is 0 Å². The van der Waals surface area contributed by atoms with Crippen molar-refractivity contribution in [3.05, 3.63) is 0 Å². The lowest BCUT2D eigenvalue weighted by Crippen LogP contribution is -2.66. The maximum Gasteiger partial charge on any atom is 0.136 e. The van der Waals surface area contributed by atoms with Crippen LogP contribution in [0.2, 0.25) is 0 Å². The van der Waals surface area contributed by atoms with Crippen LogP contribution in [0.15, 0.2) is 0 Å². The van der Waals surface area contributed by atoms with Crippen molar-refractivity contribution in [3.8, 4) is 0 Å². The van der Waals surface area contributed by atoms with Gasteiger partial charge in [-0.1, -0.05) is 51.4 Å². The van der Waals surface area contributed by atoms with E-state index in [-0.39, 0.29) is 11.5 Å². The molecule has 0 aromatic carbocycles. The van der Waals surface area contributed by atoms with Crippen molar-refractivity contribution < 1.29 is 14.4 Å². The Bertz CT molecular complexity index is 335. The molecule has 0 aromatic rings. The smallest absolute Gasteiger partial charge is 0.136 e. The van der Waals surface area contributed by atoms with Crippen molar-refractivity contribution in [1.82, 2.24) is 0 Å². The summed E-state index contributed by atoms with van der Waals surface area (Å²) in [5.41, 5.74) is 6.03. The molecule has 0 bridgehead atoms. The summed E-state index contributed by atoms with van der Waals surface area (Å²) in [6.07, 6.45) is 11.5. The Morgan fingerprint density at radius 1 is 0.955 bits per heavy atom. The van der Waals surface area contributed by atoms with E-state index in [1.54, 1.807) is 0 Å². The van der Waals surface area contributed by atoms with Crippen LogP contribution in [-0.2, 0) is 4.79 Å². The monoisotopic (exact) mass is 312 g/mol. The van der Waals surface area contributed by atoms with Crippen LogP contribution in [0.3, 0.4) is 0 Å². The Balaban J connectivity index is 3.12. The molecule has 1 aliphatic rings. The number of hydrogen-bond donors (Lipinski definition) is 1. The predicted molar refractivity (Wildman–Crippen MR) is 89.1 cm³/mol. The highest BCUT2D eigenvalue weighted by atomic mass is 16.4. The van der Waals surface area contributed by atoms with Crippen molar-refractivity contribution in [2.45, 2.75) is 83.2 Å². The Morgan fingerprint density at radius 3 is 1.59 bits per heavy atom. The van der Waals surface area contributed by atoms with Crippen LogP contribution < -0.4 is 10.8 Å². The number of aliphatic carboxylic acids is 1. The standard InChI is InChI=1S/C18H36N2O2/c1-15(19)18(16(17(21)22)20(2,3)4)13-11-9-7-5-6-8-10-12-14-18/h15-16H,5-14,19H2,1-4H3. The van der Waals surface area contributed by atoms with Crippen molar-refractivity contribution in [2.24, 2.45) is 11.1 Å². The molecule has 0 spiro atoms. The maximum atomic E-state index is 12.0. The predicted octanol–water partition coefficient (Wildman–Crippen LogP) is 2.06. The molecule has 0 saturated heterocycles. The molecular weight excluding hydrogens is 276 g/mol. The van der Waals surface area contributed by atoms with Crippen LogP contribution in [0.5, 0.6) is 0 Å². The summed E-state index contributed by atoms with van der Waals surface area (Å²) in [7, 11) is 5.86. The van der Waals surface area contributed by atoms with Gasteiger partial charge in [0.2, 0.25) is 0 Å². The molecule has 2 N–H and O–H groups in total. The van der Waals surface area contributed by atoms with E-state index >= 15 is 0 Å². The molecule has 4 heteroatoms. The van der Waals surface area contributed by atoms with Gasteiger partial charge in [-0.05, 0) is 19.8 Å². The molecule has 22 heavy (non-hydrogen) atoms. The number of carbonyl (C=O) groups excluding carboxylic acids is 1. The fourth-order valence-corrected chi connectivity index (χ4v) is 4.39. The second kappa shape index (κ2) is 8.30. The molecule has 0 amide bonds. The average Bonchev–Trinajstić information content (AvgIpc) is 2.42. The molecule has 1 saturated carbocycles. The first kappa shape index (κ1) is 19.4. The maximum absolute atomic E-state index is 12.0. The number of hydrogen-bond acceptors (Lipinski definition) is 3. The van der Waals surface area contributed by atoms with Gasteiger partial charge in [0, 0.05) is 11.5 Å². The molecule has 1 fully saturated rings. The van der Waals surface area contributed by atoms with Gasteiger partial charge < -0.3 is 20.1 Å². The molecule has 1 aliphatic carbocycles. The second-order valence-corrected chi connectivity index (χ2v) is 8.19. The summed E-state index contributed by atoms with van der Waals surface area (Å²) in [6, 6.07) is -0.679. The SMILES string of the molecule is CC(N)C1(C(C(=O)[O-])[N+](C)(C)C)CCCCCCCCCC1. The lowest BCUT2D eigenvalue weighted by Gasteiger charge is -2.50. The molecule has 0 radical (unpaired) electrons. The van der Waals surface area contributed by atoms with Crippen LogP contribution in [0, 0.1) is 5.41 Å². The summed E-state index contributed by atoms with van der Waals surface area (Å²) in [6.45, 7) is 1.99. The minimum atomic E-state index is -0.945. The van der Waals surface area contributed by atoms with Gasteiger partial charge in [0.25, 0.3) is 0 Å². The third-order valence-corrected chi connectivity index (χ3v) is 5.48. The normalized spacial score (nSPS) is 24.0. The van der Waals surface area contributed by atoms with Crippen LogP contribution in [0.1, 0.15) is 71.1 Å². The van der Waals surface area contributed by atoms with E-state index in [2.05, 4.69) is 0 Å². The number of rotatable bonds is 4. The molecule has 0 aliphatic heterocycles. The zero-order valence-corrected chi connectivity index (χ0v) is 15.1. The topological polar surface area (TPSA) is 66.2 Å². The number of carboxylic acids is 1. The minimum Gasteiger partial charge on any atom is -0.544 e. The Labute approximate surface area is 136 Å². The van der Waals surface area contributed by atoms with E-state index in [4.69, 9.17) is 5.73 Å². The number of carboxylic acid groups (broad SMARTS) is 1. The Morgan fingerprint density at radius 2 is 1.32 bits per heavy atom. The first-order valence-corrected chi connectivity index (χ1v) is 8.99. The fourth-order valence-electron chi connectivity index (χ4n) is 4.39. The van der Waals surface area contributed by atoms with Gasteiger partial charge in [0.05, 0.1) is 27.1 Å². The van der Waals surface area contributed by atoms with Gasteiger partial charge >= 0.3 is 0 Å². The van der Waals surface area contributed by atoms with E-state index in [0.29, 0.717) is 4.48 Å². The average molecular weight is 312 g/mol. The van der Waals surface area contributed by atoms with Gasteiger partial charge in [0.15, 0.2) is 0 Å². The lowest BCUT2D eigenvalue weighted by atomic mass is 9.66. The molecule has 2 unspecified atom stereocenters. The molecule has 0 aromatic heterocycles. The minimum absolute atomic E-state index is 0.131. The number of nitrogens with zero attached hydrogens (tertiary/aromatic N) is 1. The van der Waals surface area contributed by atoms with Crippen LogP contribution in [0.4, 0.5) is 0 Å². The van der Waals surface area contributed by atoms with Crippen molar-refractivity contribution >= 4 is 5.97 Å². The molecule has 2 atom stereocenters. The first-order valence-electron chi connectivity index (χ1n) is 8.99. The third-order valence-electron chi connectivity index (χ3n) is 5.48. The quantitative estimate of drug-likeness (QED) is 0.808. The molecule has 130 valence electrons. The summed E-state index contributed by atoms with van der Waals surface area (Å²) in [4.78, 5) is 12.0. The zero-order valence-electron chi connectivity index (χ0n) is 15.1. The highest BCUT2D eigenvalue weighted by molar-refractivity contribution is 5.71. The van der Waals surface area contributed by atoms with Crippen LogP contribution in [-0.4, -0.2) is 43.7 Å². The van der Waals surface area contributed by atoms with Gasteiger partial charge in [-0.3, -0.25) is 0 Å².